The predicted octanol–water partition coefficient (Wildman–Crippen LogP) is 1.25. The lowest BCUT2D eigenvalue weighted by atomic mass is 10.1. The number of ether oxygens (including phenoxy) is 1. The van der Waals surface area contributed by atoms with Crippen molar-refractivity contribution in [2.24, 2.45) is 0 Å². The van der Waals surface area contributed by atoms with Crippen molar-refractivity contribution in [1.29, 1.82) is 0 Å². The fourth-order valence-electron chi connectivity index (χ4n) is 2.38. The molecule has 2 rings (SSSR count). The summed E-state index contributed by atoms with van der Waals surface area (Å²) in [5.74, 6) is 0.604. The smallest absolute Gasteiger partial charge is 0.258 e. The van der Waals surface area contributed by atoms with Gasteiger partial charge < -0.3 is 20.7 Å². The van der Waals surface area contributed by atoms with Gasteiger partial charge in [0.1, 0.15) is 5.75 Å². The van der Waals surface area contributed by atoms with Crippen LogP contribution in [0.2, 0.25) is 0 Å². The second-order valence-electron chi connectivity index (χ2n) is 5.13. The maximum Gasteiger partial charge on any atom is 0.258 e. The normalized spacial score (nSPS) is 16.9. The van der Waals surface area contributed by atoms with E-state index in [4.69, 9.17) is 10.5 Å². The average molecular weight is 277 g/mol. The van der Waals surface area contributed by atoms with Gasteiger partial charge in [0.15, 0.2) is 6.61 Å². The van der Waals surface area contributed by atoms with Crippen molar-refractivity contribution in [2.75, 3.05) is 32.0 Å². The topological polar surface area (TPSA) is 67.6 Å². The van der Waals surface area contributed by atoms with E-state index in [0.29, 0.717) is 11.4 Å². The molecule has 5 heteroatoms. The molecule has 3 N–H and O–H groups in total. The Balaban J connectivity index is 1.69. The van der Waals surface area contributed by atoms with Crippen LogP contribution >= 0.6 is 0 Å². The zero-order chi connectivity index (χ0) is 14.4. The monoisotopic (exact) mass is 277 g/mol. The van der Waals surface area contributed by atoms with Gasteiger partial charge in [-0.3, -0.25) is 4.79 Å². The van der Waals surface area contributed by atoms with Gasteiger partial charge in [-0.15, -0.1) is 0 Å². The first kappa shape index (κ1) is 14.7. The summed E-state index contributed by atoms with van der Waals surface area (Å²) in [7, 11) is 0. The molecular weight excluding hydrogens is 254 g/mol. The van der Waals surface area contributed by atoms with E-state index < -0.39 is 0 Å². The standard InChI is InChI=1S/C15H23N3O2/c1-2-18-9-7-13(8-10-18)17-15(19)11-20-14-5-3-12(16)4-6-14/h3-6,13H,2,7-11,16H2,1H3,(H,17,19). The summed E-state index contributed by atoms with van der Waals surface area (Å²) in [6.45, 7) is 5.42. The molecule has 1 aromatic rings. The summed E-state index contributed by atoms with van der Waals surface area (Å²) in [4.78, 5) is 14.2. The van der Waals surface area contributed by atoms with Crippen LogP contribution < -0.4 is 15.8 Å². The van der Waals surface area contributed by atoms with Crippen molar-refractivity contribution in [2.45, 2.75) is 25.8 Å². The molecule has 0 saturated carbocycles. The lowest BCUT2D eigenvalue weighted by molar-refractivity contribution is -0.124. The fraction of sp³-hybridized carbons (Fsp3) is 0.533. The van der Waals surface area contributed by atoms with Crippen LogP contribution in [0.5, 0.6) is 5.75 Å². The lowest BCUT2D eigenvalue weighted by Crippen LogP contribution is -2.45. The molecule has 1 amide bonds. The number of nitrogens with two attached hydrogens (primary N) is 1. The van der Waals surface area contributed by atoms with E-state index in [9.17, 15) is 4.79 Å². The summed E-state index contributed by atoms with van der Waals surface area (Å²) in [5, 5.41) is 3.03. The Morgan fingerprint density at radius 2 is 2.00 bits per heavy atom. The number of amides is 1. The highest BCUT2D eigenvalue weighted by Crippen LogP contribution is 2.13. The quantitative estimate of drug-likeness (QED) is 0.795. The van der Waals surface area contributed by atoms with Gasteiger partial charge in [0.25, 0.3) is 5.91 Å². The second-order valence-corrected chi connectivity index (χ2v) is 5.13. The predicted molar refractivity (Wildman–Crippen MR) is 79.6 cm³/mol. The van der Waals surface area contributed by atoms with Gasteiger partial charge in [0, 0.05) is 24.8 Å². The first-order chi connectivity index (χ1) is 9.67. The van der Waals surface area contributed by atoms with Gasteiger partial charge in [-0.2, -0.15) is 0 Å². The van der Waals surface area contributed by atoms with Crippen LogP contribution in [-0.4, -0.2) is 43.1 Å². The van der Waals surface area contributed by atoms with Crippen LogP contribution in [-0.2, 0) is 4.79 Å². The van der Waals surface area contributed by atoms with Crippen LogP contribution in [0.15, 0.2) is 24.3 Å². The number of benzene rings is 1. The number of carbonyl (C=O) groups excluding carboxylic acids is 1. The summed E-state index contributed by atoms with van der Waals surface area (Å²) in [5.41, 5.74) is 6.27. The van der Waals surface area contributed by atoms with Crippen LogP contribution in [0.25, 0.3) is 0 Å². The van der Waals surface area contributed by atoms with Gasteiger partial charge in [0.05, 0.1) is 0 Å². The van der Waals surface area contributed by atoms with Crippen molar-refractivity contribution < 1.29 is 9.53 Å². The number of rotatable bonds is 5. The van der Waals surface area contributed by atoms with Gasteiger partial charge in [-0.05, 0) is 43.7 Å². The Labute approximate surface area is 120 Å². The third-order valence-corrected chi connectivity index (χ3v) is 3.65. The third-order valence-electron chi connectivity index (χ3n) is 3.65. The summed E-state index contributed by atoms with van der Waals surface area (Å²) in [6, 6.07) is 7.33. The van der Waals surface area contributed by atoms with Gasteiger partial charge >= 0.3 is 0 Å². The van der Waals surface area contributed by atoms with E-state index in [2.05, 4.69) is 17.1 Å². The summed E-state index contributed by atoms with van der Waals surface area (Å²) in [6.07, 6.45) is 2.03. The molecule has 1 fully saturated rings. The number of piperidine rings is 1. The highest BCUT2D eigenvalue weighted by atomic mass is 16.5. The van der Waals surface area contributed by atoms with Crippen LogP contribution in [0.4, 0.5) is 5.69 Å². The van der Waals surface area contributed by atoms with Crippen LogP contribution in [0.1, 0.15) is 19.8 Å². The molecule has 0 bridgehead atoms. The molecule has 110 valence electrons. The minimum Gasteiger partial charge on any atom is -0.484 e. The largest absolute Gasteiger partial charge is 0.484 e. The van der Waals surface area contributed by atoms with Gasteiger partial charge in [-0.1, -0.05) is 6.92 Å². The maximum absolute atomic E-state index is 11.8. The van der Waals surface area contributed by atoms with E-state index in [-0.39, 0.29) is 18.6 Å². The average Bonchev–Trinajstić information content (AvgIpc) is 2.47. The Bertz CT molecular complexity index is 425. The molecule has 5 nitrogen and oxygen atoms in total. The van der Waals surface area contributed by atoms with Gasteiger partial charge in [-0.25, -0.2) is 0 Å². The lowest BCUT2D eigenvalue weighted by Gasteiger charge is -2.31. The molecule has 0 atom stereocenters. The molecule has 0 unspecified atom stereocenters. The zero-order valence-electron chi connectivity index (χ0n) is 12.0. The molecule has 1 aliphatic rings. The zero-order valence-corrected chi connectivity index (χ0v) is 12.0. The van der Waals surface area contributed by atoms with Crippen molar-refractivity contribution in [1.82, 2.24) is 10.2 Å². The molecule has 0 aromatic heterocycles. The molecule has 1 saturated heterocycles. The highest BCUT2D eigenvalue weighted by molar-refractivity contribution is 5.77. The molecule has 1 aliphatic heterocycles. The van der Waals surface area contributed by atoms with E-state index in [1.165, 1.54) is 0 Å². The molecule has 0 radical (unpaired) electrons. The number of hydrogen-bond donors (Lipinski definition) is 2. The number of carbonyl (C=O) groups is 1. The fourth-order valence-corrected chi connectivity index (χ4v) is 2.38. The minimum atomic E-state index is -0.0585. The summed E-state index contributed by atoms with van der Waals surface area (Å²) >= 11 is 0. The first-order valence-corrected chi connectivity index (χ1v) is 7.17. The first-order valence-electron chi connectivity index (χ1n) is 7.17. The molecular formula is C15H23N3O2. The number of nitrogens with one attached hydrogen (secondary N) is 1. The summed E-state index contributed by atoms with van der Waals surface area (Å²) < 4.78 is 5.43. The molecule has 0 aliphatic carbocycles. The van der Waals surface area contributed by atoms with Crippen molar-refractivity contribution in [3.63, 3.8) is 0 Å². The molecule has 0 spiro atoms. The van der Waals surface area contributed by atoms with Crippen molar-refractivity contribution in [3.05, 3.63) is 24.3 Å². The van der Waals surface area contributed by atoms with E-state index >= 15 is 0 Å². The Morgan fingerprint density at radius 3 is 2.60 bits per heavy atom. The van der Waals surface area contributed by atoms with E-state index in [0.717, 1.165) is 32.5 Å². The molecule has 1 aromatic carbocycles. The second kappa shape index (κ2) is 7.14. The van der Waals surface area contributed by atoms with Crippen LogP contribution in [0.3, 0.4) is 0 Å². The SMILES string of the molecule is CCN1CCC(NC(=O)COc2ccc(N)cc2)CC1. The van der Waals surface area contributed by atoms with E-state index in [1.807, 2.05) is 0 Å². The van der Waals surface area contributed by atoms with Crippen molar-refractivity contribution >= 4 is 11.6 Å². The highest BCUT2D eigenvalue weighted by Gasteiger charge is 2.19. The Kier molecular flexibility index (Phi) is 5.24. The minimum absolute atomic E-state index is 0.0535. The maximum atomic E-state index is 11.8. The number of hydrogen-bond acceptors (Lipinski definition) is 4. The number of nitrogen functional groups attached to an aromatic ring is 1. The van der Waals surface area contributed by atoms with Gasteiger partial charge in [0.2, 0.25) is 0 Å². The van der Waals surface area contributed by atoms with E-state index in [1.54, 1.807) is 24.3 Å². The Morgan fingerprint density at radius 1 is 1.35 bits per heavy atom. The van der Waals surface area contributed by atoms with Crippen LogP contribution in [0, 0.1) is 0 Å². The van der Waals surface area contributed by atoms with Crippen molar-refractivity contribution in [3.8, 4) is 5.75 Å². The molecule has 20 heavy (non-hydrogen) atoms. The number of nitrogens with zero attached hydrogens (tertiary/aromatic N) is 1. The number of anilines is 1. The number of likely N-dealkylation sites (tertiary alicyclic amines) is 1. The third kappa shape index (κ3) is 4.42. The Hall–Kier alpha value is -1.75. The molecule has 1 heterocycles.